The molecule has 2 heterocycles. The van der Waals surface area contributed by atoms with Crippen LogP contribution in [0.5, 0.6) is 0 Å². The third-order valence-electron chi connectivity index (χ3n) is 3.23. The van der Waals surface area contributed by atoms with Crippen molar-refractivity contribution in [2.24, 2.45) is 5.73 Å². The average Bonchev–Trinajstić information content (AvgIpc) is 3.01. The van der Waals surface area contributed by atoms with Gasteiger partial charge < -0.3 is 10.8 Å². The van der Waals surface area contributed by atoms with Crippen molar-refractivity contribution in [3.8, 4) is 0 Å². The second kappa shape index (κ2) is 6.35. The maximum atomic E-state index is 11.1. The maximum Gasteiger partial charge on any atom is 0.358 e. The first-order valence-electron chi connectivity index (χ1n) is 6.63. The highest BCUT2D eigenvalue weighted by Gasteiger charge is 2.21. The maximum absolute atomic E-state index is 11.1. The molecule has 0 aromatic carbocycles. The zero-order valence-corrected chi connectivity index (χ0v) is 13.5. The van der Waals surface area contributed by atoms with Crippen LogP contribution in [0.4, 0.5) is 0 Å². The SMILES string of the molecule is CCc1nn(CC)c(Cn2nnc(C(=O)O)c2CN)c1Br. The predicted molar refractivity (Wildman–Crippen MR) is 79.0 cm³/mol. The second-order valence-corrected chi connectivity index (χ2v) is 5.22. The first-order valence-corrected chi connectivity index (χ1v) is 7.42. The summed E-state index contributed by atoms with van der Waals surface area (Å²) < 4.78 is 4.30. The Kier molecular flexibility index (Phi) is 4.73. The Labute approximate surface area is 130 Å². The number of hydrogen-bond donors (Lipinski definition) is 2. The highest BCUT2D eigenvalue weighted by Crippen LogP contribution is 2.23. The lowest BCUT2D eigenvalue weighted by Gasteiger charge is -2.08. The molecule has 8 nitrogen and oxygen atoms in total. The number of carbonyl (C=O) groups is 1. The van der Waals surface area contributed by atoms with Gasteiger partial charge in [0.05, 0.1) is 28.1 Å². The van der Waals surface area contributed by atoms with Crippen molar-refractivity contribution in [3.05, 3.63) is 27.2 Å². The molecule has 3 N–H and O–H groups in total. The summed E-state index contributed by atoms with van der Waals surface area (Å²) in [5.41, 5.74) is 7.80. The zero-order chi connectivity index (χ0) is 15.6. The number of nitrogens with zero attached hydrogens (tertiary/aromatic N) is 5. The highest BCUT2D eigenvalue weighted by molar-refractivity contribution is 9.10. The first kappa shape index (κ1) is 15.6. The molecule has 0 saturated carbocycles. The van der Waals surface area contributed by atoms with E-state index in [9.17, 15) is 4.79 Å². The van der Waals surface area contributed by atoms with Gasteiger partial charge in [-0.15, -0.1) is 5.10 Å². The molecule has 0 aliphatic rings. The van der Waals surface area contributed by atoms with Gasteiger partial charge in [0, 0.05) is 13.1 Å². The molecular formula is C12H17BrN6O2. The van der Waals surface area contributed by atoms with Crippen LogP contribution >= 0.6 is 15.9 Å². The van der Waals surface area contributed by atoms with E-state index in [0.29, 0.717) is 18.8 Å². The van der Waals surface area contributed by atoms with Gasteiger partial charge >= 0.3 is 5.97 Å². The fourth-order valence-electron chi connectivity index (χ4n) is 2.14. The van der Waals surface area contributed by atoms with Gasteiger partial charge in [-0.25, -0.2) is 9.48 Å². The summed E-state index contributed by atoms with van der Waals surface area (Å²) in [5, 5.41) is 21.2. The molecule has 0 spiro atoms. The molecule has 0 aliphatic carbocycles. The molecule has 0 aliphatic heterocycles. The number of aromatic nitrogens is 5. The lowest BCUT2D eigenvalue weighted by atomic mass is 10.3. The molecule has 21 heavy (non-hydrogen) atoms. The molecule has 0 amide bonds. The van der Waals surface area contributed by atoms with Gasteiger partial charge in [-0.2, -0.15) is 5.10 Å². The summed E-state index contributed by atoms with van der Waals surface area (Å²) in [4.78, 5) is 11.1. The van der Waals surface area contributed by atoms with Crippen molar-refractivity contribution in [2.75, 3.05) is 0 Å². The van der Waals surface area contributed by atoms with Crippen LogP contribution in [-0.2, 0) is 26.1 Å². The van der Waals surface area contributed by atoms with Gasteiger partial charge in [-0.3, -0.25) is 4.68 Å². The average molecular weight is 357 g/mol. The van der Waals surface area contributed by atoms with Crippen LogP contribution < -0.4 is 5.73 Å². The molecule has 2 rings (SSSR count). The fraction of sp³-hybridized carbons (Fsp3) is 0.500. The number of hydrogen-bond acceptors (Lipinski definition) is 5. The molecule has 0 unspecified atom stereocenters. The van der Waals surface area contributed by atoms with E-state index in [1.807, 2.05) is 18.5 Å². The number of carboxylic acids is 1. The molecule has 0 radical (unpaired) electrons. The van der Waals surface area contributed by atoms with E-state index in [0.717, 1.165) is 22.3 Å². The Bertz CT molecular complexity index is 663. The number of carboxylic acid groups (broad SMARTS) is 1. The van der Waals surface area contributed by atoms with E-state index < -0.39 is 5.97 Å². The number of halogens is 1. The van der Waals surface area contributed by atoms with Crippen molar-refractivity contribution in [1.29, 1.82) is 0 Å². The van der Waals surface area contributed by atoms with Crippen LogP contribution in [0.15, 0.2) is 4.47 Å². The highest BCUT2D eigenvalue weighted by atomic mass is 79.9. The standard InChI is InChI=1S/C12H17BrN6O2/c1-3-7-10(13)9(18(4-2)16-7)6-19-8(5-14)11(12(20)21)15-17-19/h3-6,14H2,1-2H3,(H,20,21). The largest absolute Gasteiger partial charge is 0.476 e. The van der Waals surface area contributed by atoms with E-state index in [-0.39, 0.29) is 12.2 Å². The Balaban J connectivity index is 2.43. The normalized spacial score (nSPS) is 11.0. The number of aryl methyl sites for hydroxylation is 2. The molecule has 9 heteroatoms. The summed E-state index contributed by atoms with van der Waals surface area (Å²) in [5.74, 6) is -1.13. The first-order chi connectivity index (χ1) is 10.0. The van der Waals surface area contributed by atoms with Crippen LogP contribution in [0.25, 0.3) is 0 Å². The summed E-state index contributed by atoms with van der Waals surface area (Å²) >= 11 is 3.55. The van der Waals surface area contributed by atoms with Gasteiger partial charge in [0.2, 0.25) is 0 Å². The van der Waals surface area contributed by atoms with Gasteiger partial charge in [0.25, 0.3) is 0 Å². The van der Waals surface area contributed by atoms with Gasteiger partial charge in [-0.05, 0) is 29.3 Å². The summed E-state index contributed by atoms with van der Waals surface area (Å²) in [7, 11) is 0. The Morgan fingerprint density at radius 2 is 2.05 bits per heavy atom. The summed E-state index contributed by atoms with van der Waals surface area (Å²) in [6, 6.07) is 0. The molecule has 0 atom stereocenters. The minimum absolute atomic E-state index is 0.0626. The Morgan fingerprint density at radius 3 is 2.57 bits per heavy atom. The third-order valence-corrected chi connectivity index (χ3v) is 4.14. The van der Waals surface area contributed by atoms with Crippen molar-refractivity contribution in [2.45, 2.75) is 39.9 Å². The topological polar surface area (TPSA) is 112 Å². The van der Waals surface area contributed by atoms with Crippen LogP contribution in [0, 0.1) is 0 Å². The Hall–Kier alpha value is -1.74. The number of nitrogens with two attached hydrogens (primary N) is 1. The minimum Gasteiger partial charge on any atom is -0.476 e. The molecule has 114 valence electrons. The van der Waals surface area contributed by atoms with E-state index in [2.05, 4.69) is 31.3 Å². The summed E-state index contributed by atoms with van der Waals surface area (Å²) in [6.07, 6.45) is 0.808. The van der Waals surface area contributed by atoms with Crippen LogP contribution in [0.2, 0.25) is 0 Å². The van der Waals surface area contributed by atoms with Crippen molar-refractivity contribution in [1.82, 2.24) is 24.8 Å². The van der Waals surface area contributed by atoms with Crippen molar-refractivity contribution < 1.29 is 9.90 Å². The van der Waals surface area contributed by atoms with Gasteiger partial charge in [-0.1, -0.05) is 12.1 Å². The predicted octanol–water partition coefficient (Wildman–Crippen LogP) is 1.02. The van der Waals surface area contributed by atoms with E-state index in [1.165, 1.54) is 4.68 Å². The molecule has 0 saturated heterocycles. The van der Waals surface area contributed by atoms with Crippen LogP contribution in [0.3, 0.4) is 0 Å². The molecule has 2 aromatic heterocycles. The van der Waals surface area contributed by atoms with Gasteiger partial charge in [0.1, 0.15) is 0 Å². The lowest BCUT2D eigenvalue weighted by Crippen LogP contribution is -2.15. The zero-order valence-electron chi connectivity index (χ0n) is 11.9. The number of aromatic carboxylic acids is 1. The minimum atomic E-state index is -1.13. The van der Waals surface area contributed by atoms with E-state index in [4.69, 9.17) is 10.8 Å². The second-order valence-electron chi connectivity index (χ2n) is 4.43. The van der Waals surface area contributed by atoms with Crippen molar-refractivity contribution in [3.63, 3.8) is 0 Å². The summed E-state index contributed by atoms with van der Waals surface area (Å²) in [6.45, 7) is 5.17. The van der Waals surface area contributed by atoms with Crippen LogP contribution in [-0.4, -0.2) is 35.9 Å². The molecule has 0 bridgehead atoms. The third kappa shape index (κ3) is 2.84. The van der Waals surface area contributed by atoms with E-state index >= 15 is 0 Å². The van der Waals surface area contributed by atoms with Crippen LogP contribution in [0.1, 0.15) is 41.4 Å². The van der Waals surface area contributed by atoms with Gasteiger partial charge in [0.15, 0.2) is 5.69 Å². The fourth-order valence-corrected chi connectivity index (χ4v) is 2.83. The lowest BCUT2D eigenvalue weighted by molar-refractivity contribution is 0.0689. The Morgan fingerprint density at radius 1 is 1.33 bits per heavy atom. The monoisotopic (exact) mass is 356 g/mol. The van der Waals surface area contributed by atoms with Crippen molar-refractivity contribution >= 4 is 21.9 Å². The van der Waals surface area contributed by atoms with E-state index in [1.54, 1.807) is 0 Å². The molecule has 2 aromatic rings. The number of rotatable bonds is 6. The quantitative estimate of drug-likeness (QED) is 0.799. The molecular weight excluding hydrogens is 340 g/mol. The molecule has 0 fully saturated rings. The smallest absolute Gasteiger partial charge is 0.358 e.